The largest absolute Gasteiger partial charge is 0.466 e. The molecule has 0 saturated carbocycles. The number of carbonyl (C=O) groups is 1. The number of furan rings is 1. The van der Waals surface area contributed by atoms with Crippen molar-refractivity contribution in [2.24, 2.45) is 5.92 Å². The van der Waals surface area contributed by atoms with E-state index < -0.39 is 0 Å². The van der Waals surface area contributed by atoms with E-state index in [-0.39, 0.29) is 5.91 Å². The molecule has 18 heavy (non-hydrogen) atoms. The molecular weight excluding hydrogens is 228 g/mol. The quantitative estimate of drug-likeness (QED) is 0.823. The zero-order chi connectivity index (χ0) is 12.9. The summed E-state index contributed by atoms with van der Waals surface area (Å²) < 4.78 is 5.48. The van der Waals surface area contributed by atoms with Gasteiger partial charge in [-0.15, -0.1) is 0 Å². The second kappa shape index (κ2) is 4.12. The first kappa shape index (κ1) is 11.8. The zero-order valence-corrected chi connectivity index (χ0v) is 11.2. The average molecular weight is 248 g/mol. The fourth-order valence-electron chi connectivity index (χ4n) is 3.50. The van der Waals surface area contributed by atoms with Crippen molar-refractivity contribution in [2.75, 3.05) is 13.1 Å². The number of aryl methyl sites for hydroxylation is 2. The number of likely N-dealkylation sites (tertiary alicyclic amines) is 1. The van der Waals surface area contributed by atoms with Crippen LogP contribution in [0.1, 0.15) is 35.2 Å². The fraction of sp³-hybridized carbons (Fsp3) is 0.643. The van der Waals surface area contributed by atoms with Crippen LogP contribution in [0.5, 0.6) is 0 Å². The predicted octanol–water partition coefficient (Wildman–Crippen LogP) is 1.72. The van der Waals surface area contributed by atoms with Gasteiger partial charge in [0.15, 0.2) is 0 Å². The van der Waals surface area contributed by atoms with Crippen LogP contribution in [-0.4, -0.2) is 36.0 Å². The van der Waals surface area contributed by atoms with Gasteiger partial charge in [-0.2, -0.15) is 0 Å². The minimum Gasteiger partial charge on any atom is -0.466 e. The summed E-state index contributed by atoms with van der Waals surface area (Å²) in [6.45, 7) is 7.87. The molecule has 2 saturated heterocycles. The summed E-state index contributed by atoms with van der Waals surface area (Å²) in [6, 6.07) is 2.56. The lowest BCUT2D eigenvalue weighted by atomic mass is 10.0. The molecule has 1 aromatic heterocycles. The van der Waals surface area contributed by atoms with E-state index in [0.29, 0.717) is 18.0 Å². The van der Waals surface area contributed by atoms with Crippen molar-refractivity contribution in [1.29, 1.82) is 0 Å². The Morgan fingerprint density at radius 3 is 2.89 bits per heavy atom. The van der Waals surface area contributed by atoms with Crippen LogP contribution in [0, 0.1) is 19.8 Å². The minimum atomic E-state index is 0.132. The molecule has 0 bridgehead atoms. The van der Waals surface area contributed by atoms with Crippen LogP contribution in [0.15, 0.2) is 10.5 Å². The van der Waals surface area contributed by atoms with Gasteiger partial charge in [-0.1, -0.05) is 0 Å². The zero-order valence-electron chi connectivity index (χ0n) is 11.2. The SMILES string of the molecule is Cc1cc(C(=O)N2C(C)CC3CNCC32)c(C)o1. The van der Waals surface area contributed by atoms with Gasteiger partial charge in [-0.25, -0.2) is 0 Å². The first-order valence-electron chi connectivity index (χ1n) is 6.68. The Kier molecular flexibility index (Phi) is 2.70. The van der Waals surface area contributed by atoms with Crippen molar-refractivity contribution in [3.63, 3.8) is 0 Å². The Balaban J connectivity index is 1.90. The van der Waals surface area contributed by atoms with Gasteiger partial charge in [0.1, 0.15) is 11.5 Å². The van der Waals surface area contributed by atoms with E-state index in [4.69, 9.17) is 4.42 Å². The molecule has 2 aliphatic rings. The summed E-state index contributed by atoms with van der Waals surface area (Å²) in [5.41, 5.74) is 0.729. The molecule has 4 nitrogen and oxygen atoms in total. The van der Waals surface area contributed by atoms with E-state index in [1.165, 1.54) is 0 Å². The average Bonchev–Trinajstić information content (AvgIpc) is 2.92. The molecule has 0 radical (unpaired) electrons. The summed E-state index contributed by atoms with van der Waals surface area (Å²) in [4.78, 5) is 14.7. The second-order valence-corrected chi connectivity index (χ2v) is 5.61. The molecule has 4 heteroatoms. The van der Waals surface area contributed by atoms with Gasteiger partial charge in [-0.05, 0) is 39.2 Å². The Hall–Kier alpha value is -1.29. The summed E-state index contributed by atoms with van der Waals surface area (Å²) in [7, 11) is 0. The highest BCUT2D eigenvalue weighted by Gasteiger charge is 2.44. The van der Waals surface area contributed by atoms with E-state index in [1.54, 1.807) is 0 Å². The van der Waals surface area contributed by atoms with Crippen LogP contribution in [-0.2, 0) is 0 Å². The van der Waals surface area contributed by atoms with Gasteiger partial charge in [0.2, 0.25) is 0 Å². The highest BCUT2D eigenvalue weighted by Crippen LogP contribution is 2.34. The van der Waals surface area contributed by atoms with Crippen molar-refractivity contribution < 1.29 is 9.21 Å². The number of hydrogen-bond donors (Lipinski definition) is 1. The molecule has 0 aromatic carbocycles. The Labute approximate surface area is 107 Å². The first-order valence-corrected chi connectivity index (χ1v) is 6.68. The van der Waals surface area contributed by atoms with Crippen LogP contribution in [0.2, 0.25) is 0 Å². The van der Waals surface area contributed by atoms with Crippen LogP contribution in [0.4, 0.5) is 0 Å². The topological polar surface area (TPSA) is 45.5 Å². The summed E-state index contributed by atoms with van der Waals surface area (Å²) in [6.07, 6.45) is 1.11. The normalized spacial score (nSPS) is 30.8. The van der Waals surface area contributed by atoms with Crippen molar-refractivity contribution in [1.82, 2.24) is 10.2 Å². The lowest BCUT2D eigenvalue weighted by Crippen LogP contribution is -2.42. The smallest absolute Gasteiger partial charge is 0.257 e. The Morgan fingerprint density at radius 1 is 1.44 bits per heavy atom. The molecular formula is C14H20N2O2. The maximum absolute atomic E-state index is 12.7. The Bertz CT molecular complexity index is 480. The lowest BCUT2D eigenvalue weighted by Gasteiger charge is -2.27. The fourth-order valence-corrected chi connectivity index (χ4v) is 3.50. The summed E-state index contributed by atoms with van der Waals surface area (Å²) in [5.74, 6) is 2.30. The van der Waals surface area contributed by atoms with E-state index in [0.717, 1.165) is 36.6 Å². The van der Waals surface area contributed by atoms with Crippen LogP contribution in [0.3, 0.4) is 0 Å². The maximum atomic E-state index is 12.7. The van der Waals surface area contributed by atoms with Crippen molar-refractivity contribution in [2.45, 2.75) is 39.3 Å². The first-order chi connectivity index (χ1) is 8.58. The van der Waals surface area contributed by atoms with E-state index in [1.807, 2.05) is 19.9 Å². The van der Waals surface area contributed by atoms with Gasteiger partial charge in [0.25, 0.3) is 5.91 Å². The molecule has 1 amide bonds. The van der Waals surface area contributed by atoms with Gasteiger partial charge >= 0.3 is 0 Å². The minimum absolute atomic E-state index is 0.132. The van der Waals surface area contributed by atoms with E-state index >= 15 is 0 Å². The third-order valence-electron chi connectivity index (χ3n) is 4.29. The predicted molar refractivity (Wildman–Crippen MR) is 68.6 cm³/mol. The van der Waals surface area contributed by atoms with Crippen LogP contribution in [0.25, 0.3) is 0 Å². The molecule has 3 heterocycles. The lowest BCUT2D eigenvalue weighted by molar-refractivity contribution is 0.0680. The number of nitrogens with zero attached hydrogens (tertiary/aromatic N) is 1. The highest BCUT2D eigenvalue weighted by molar-refractivity contribution is 5.96. The summed E-state index contributed by atoms with van der Waals surface area (Å²) >= 11 is 0. The van der Waals surface area contributed by atoms with Crippen LogP contribution < -0.4 is 5.32 Å². The van der Waals surface area contributed by atoms with Crippen molar-refractivity contribution in [3.8, 4) is 0 Å². The molecule has 2 aliphatic heterocycles. The number of nitrogens with one attached hydrogen (secondary N) is 1. The molecule has 1 N–H and O–H groups in total. The van der Waals surface area contributed by atoms with E-state index in [9.17, 15) is 4.79 Å². The molecule has 2 fully saturated rings. The number of rotatable bonds is 1. The molecule has 0 spiro atoms. The van der Waals surface area contributed by atoms with E-state index in [2.05, 4.69) is 17.1 Å². The van der Waals surface area contributed by atoms with Crippen LogP contribution >= 0.6 is 0 Å². The molecule has 3 unspecified atom stereocenters. The molecule has 3 rings (SSSR count). The summed E-state index contributed by atoms with van der Waals surface area (Å²) in [5, 5.41) is 3.38. The van der Waals surface area contributed by atoms with Gasteiger partial charge < -0.3 is 14.6 Å². The number of hydrogen-bond acceptors (Lipinski definition) is 3. The third-order valence-corrected chi connectivity index (χ3v) is 4.29. The number of carbonyl (C=O) groups excluding carboxylic acids is 1. The van der Waals surface area contributed by atoms with Crippen molar-refractivity contribution in [3.05, 3.63) is 23.2 Å². The highest BCUT2D eigenvalue weighted by atomic mass is 16.3. The standard InChI is InChI=1S/C14H20N2O2/c1-8-4-11-6-15-7-13(11)16(8)14(17)12-5-9(2)18-10(12)3/h5,8,11,13,15H,4,6-7H2,1-3H3. The maximum Gasteiger partial charge on any atom is 0.257 e. The molecule has 0 aliphatic carbocycles. The number of amides is 1. The second-order valence-electron chi connectivity index (χ2n) is 5.61. The van der Waals surface area contributed by atoms with Gasteiger partial charge in [0, 0.05) is 25.2 Å². The third kappa shape index (κ3) is 1.67. The number of fused-ring (bicyclic) bond motifs is 1. The van der Waals surface area contributed by atoms with Crippen molar-refractivity contribution >= 4 is 5.91 Å². The molecule has 1 aromatic rings. The molecule has 98 valence electrons. The van der Waals surface area contributed by atoms with Gasteiger partial charge in [-0.3, -0.25) is 4.79 Å². The Morgan fingerprint density at radius 2 is 2.22 bits per heavy atom. The monoisotopic (exact) mass is 248 g/mol. The molecule has 3 atom stereocenters. The van der Waals surface area contributed by atoms with Gasteiger partial charge in [0.05, 0.1) is 5.56 Å².